The van der Waals surface area contributed by atoms with Gasteiger partial charge in [0, 0.05) is 15.6 Å². The molecule has 0 bridgehead atoms. The number of H-pyrrole nitrogens is 1. The van der Waals surface area contributed by atoms with Gasteiger partial charge in [0.25, 0.3) is 0 Å². The molecule has 1 aromatic heterocycles. The molecule has 0 fully saturated rings. The number of ether oxygens (including phenoxy) is 2. The third-order valence-electron chi connectivity index (χ3n) is 3.93. The molecule has 2 N–H and O–H groups in total. The van der Waals surface area contributed by atoms with Gasteiger partial charge in [-0.1, -0.05) is 29.3 Å². The zero-order valence-electron chi connectivity index (χ0n) is 16.3. The molecule has 0 aliphatic heterocycles. The number of aromatic nitrogens is 3. The van der Waals surface area contributed by atoms with Crippen LogP contribution in [0, 0.1) is 10.5 Å². The molecule has 0 aliphatic carbocycles. The van der Waals surface area contributed by atoms with Crippen LogP contribution in [0.4, 0.5) is 0 Å². The maximum Gasteiger partial charge on any atom is 0.342 e. The van der Waals surface area contributed by atoms with Gasteiger partial charge in [0.15, 0.2) is 11.5 Å². The van der Waals surface area contributed by atoms with E-state index in [0.29, 0.717) is 38.1 Å². The summed E-state index contributed by atoms with van der Waals surface area (Å²) in [6.07, 6.45) is 1.53. The van der Waals surface area contributed by atoms with Gasteiger partial charge < -0.3 is 14.6 Å². The van der Waals surface area contributed by atoms with Crippen molar-refractivity contribution in [3.8, 4) is 11.5 Å². The summed E-state index contributed by atoms with van der Waals surface area (Å²) in [6.45, 7) is 1.96. The minimum Gasteiger partial charge on any atom is -0.493 e. The largest absolute Gasteiger partial charge is 0.493 e. The monoisotopic (exact) mass is 591 g/mol. The summed E-state index contributed by atoms with van der Waals surface area (Å²) in [5.74, 6) is 0.511. The lowest BCUT2D eigenvalue weighted by Gasteiger charge is -2.14. The number of aryl methyl sites for hydroxylation is 1. The topological polar surface area (TPSA) is 97.3 Å². The number of rotatable bonds is 8. The predicted molar refractivity (Wildman–Crippen MR) is 129 cm³/mol. The predicted octanol–water partition coefficient (Wildman–Crippen LogP) is 5.83. The van der Waals surface area contributed by atoms with Gasteiger partial charge in [0.2, 0.25) is 5.16 Å². The normalized spacial score (nSPS) is 11.5. The number of halogens is 3. The van der Waals surface area contributed by atoms with Crippen LogP contribution in [0.2, 0.25) is 10.0 Å². The Labute approximate surface area is 206 Å². The second-order valence-corrected chi connectivity index (χ2v) is 9.19. The van der Waals surface area contributed by atoms with E-state index in [-0.39, 0.29) is 11.5 Å². The van der Waals surface area contributed by atoms with Crippen LogP contribution in [0.15, 0.2) is 40.4 Å². The number of methoxy groups -OCH3 is 1. The van der Waals surface area contributed by atoms with Crippen molar-refractivity contribution in [1.82, 2.24) is 15.2 Å². The highest BCUT2D eigenvalue weighted by Crippen LogP contribution is 2.36. The number of aromatic amines is 1. The van der Waals surface area contributed by atoms with Crippen molar-refractivity contribution < 1.29 is 19.4 Å². The van der Waals surface area contributed by atoms with Crippen LogP contribution in [0.5, 0.6) is 11.5 Å². The summed E-state index contributed by atoms with van der Waals surface area (Å²) in [5, 5.41) is 17.6. The van der Waals surface area contributed by atoms with Gasteiger partial charge >= 0.3 is 5.97 Å². The second kappa shape index (κ2) is 10.6. The molecule has 3 aromatic rings. The van der Waals surface area contributed by atoms with Crippen molar-refractivity contribution in [3.05, 3.63) is 65.8 Å². The Bertz CT molecular complexity index is 1150. The van der Waals surface area contributed by atoms with Crippen molar-refractivity contribution >= 4 is 69.6 Å². The summed E-state index contributed by atoms with van der Waals surface area (Å²) >= 11 is 15.2. The minimum absolute atomic E-state index is 0.0680. The number of thioether (sulfide) groups is 1. The molecule has 0 atom stereocenters. The maximum atomic E-state index is 11.7. The smallest absolute Gasteiger partial charge is 0.342 e. The summed E-state index contributed by atoms with van der Waals surface area (Å²) in [5.41, 5.74) is 1.41. The van der Waals surface area contributed by atoms with Crippen molar-refractivity contribution in [3.63, 3.8) is 0 Å². The lowest BCUT2D eigenvalue weighted by atomic mass is 10.2. The average Bonchev–Trinajstić information content (AvgIpc) is 3.12. The van der Waals surface area contributed by atoms with Crippen molar-refractivity contribution in [1.29, 1.82) is 0 Å². The van der Waals surface area contributed by atoms with Crippen LogP contribution in [0.25, 0.3) is 6.08 Å². The first-order chi connectivity index (χ1) is 14.8. The van der Waals surface area contributed by atoms with Crippen LogP contribution < -0.4 is 9.47 Å². The van der Waals surface area contributed by atoms with Gasteiger partial charge in [-0.25, -0.2) is 9.78 Å². The van der Waals surface area contributed by atoms with Gasteiger partial charge in [-0.15, -0.1) is 5.10 Å². The highest BCUT2D eigenvalue weighted by Gasteiger charge is 2.16. The first kappa shape index (κ1) is 23.7. The number of carbonyl (C=O) groups is 1. The molecule has 0 saturated heterocycles. The SMILES string of the molecule is COc1cc(/C=C(\Sc2n[nH]c(C)n2)C(=O)O)cc(I)c1OCc1ccc(Cl)cc1Cl. The lowest BCUT2D eigenvalue weighted by molar-refractivity contribution is -0.131. The Kier molecular flexibility index (Phi) is 8.09. The van der Waals surface area contributed by atoms with Crippen molar-refractivity contribution in [2.24, 2.45) is 0 Å². The Morgan fingerprint density at radius 1 is 1.32 bits per heavy atom. The fourth-order valence-electron chi connectivity index (χ4n) is 2.50. The summed E-state index contributed by atoms with van der Waals surface area (Å²) in [4.78, 5) is 15.9. The van der Waals surface area contributed by atoms with E-state index in [2.05, 4.69) is 37.8 Å². The van der Waals surface area contributed by atoms with Crippen molar-refractivity contribution in [2.45, 2.75) is 18.7 Å². The Morgan fingerprint density at radius 2 is 2.10 bits per heavy atom. The molecule has 2 aromatic carbocycles. The number of nitrogens with one attached hydrogen (secondary N) is 1. The summed E-state index contributed by atoms with van der Waals surface area (Å²) in [6, 6.07) is 8.69. The standard InChI is InChI=1S/C20H16Cl2IN3O4S/c1-10-24-20(26-25-10)31-17(19(27)28)7-11-5-15(23)18(16(6-11)29-2)30-9-12-3-4-13(21)8-14(12)22/h3-8H,9H2,1-2H3,(H,27,28)(H,24,25,26)/b17-7-. The molecular weight excluding hydrogens is 576 g/mol. The number of benzene rings is 2. The number of carboxylic acids is 1. The third-order valence-corrected chi connectivity index (χ3v) is 6.19. The first-order valence-electron chi connectivity index (χ1n) is 8.73. The molecule has 3 rings (SSSR count). The fourth-order valence-corrected chi connectivity index (χ4v) is 4.50. The maximum absolute atomic E-state index is 11.7. The van der Waals surface area contributed by atoms with Gasteiger partial charge in [-0.2, -0.15) is 0 Å². The van der Waals surface area contributed by atoms with E-state index in [1.54, 1.807) is 37.3 Å². The van der Waals surface area contributed by atoms with E-state index < -0.39 is 5.97 Å². The quantitative estimate of drug-likeness (QED) is 0.193. The van der Waals surface area contributed by atoms with Gasteiger partial charge in [0.05, 0.1) is 10.7 Å². The van der Waals surface area contributed by atoms with Crippen LogP contribution in [0.3, 0.4) is 0 Å². The van der Waals surface area contributed by atoms with Gasteiger partial charge in [0.1, 0.15) is 17.3 Å². The Morgan fingerprint density at radius 3 is 2.71 bits per heavy atom. The number of hydrogen-bond donors (Lipinski definition) is 2. The van der Waals surface area contributed by atoms with Crippen LogP contribution in [-0.4, -0.2) is 33.4 Å². The average molecular weight is 592 g/mol. The highest BCUT2D eigenvalue weighted by atomic mass is 127. The minimum atomic E-state index is -1.08. The third kappa shape index (κ3) is 6.28. The zero-order chi connectivity index (χ0) is 22.5. The molecular formula is C20H16Cl2IN3O4S. The molecule has 7 nitrogen and oxygen atoms in total. The number of carboxylic acid groups (broad SMARTS) is 1. The van der Waals surface area contributed by atoms with Gasteiger partial charge in [-0.05, 0) is 77.2 Å². The molecule has 31 heavy (non-hydrogen) atoms. The molecule has 0 radical (unpaired) electrons. The second-order valence-electron chi connectivity index (χ2n) is 6.18. The molecule has 0 unspecified atom stereocenters. The Hall–Kier alpha value is -1.95. The molecule has 0 amide bonds. The van der Waals surface area contributed by atoms with Crippen LogP contribution in [0.1, 0.15) is 17.0 Å². The lowest BCUT2D eigenvalue weighted by Crippen LogP contribution is -2.01. The van der Waals surface area contributed by atoms with Crippen LogP contribution in [-0.2, 0) is 11.4 Å². The van der Waals surface area contributed by atoms with E-state index in [9.17, 15) is 9.90 Å². The molecule has 162 valence electrons. The highest BCUT2D eigenvalue weighted by molar-refractivity contribution is 14.1. The van der Waals surface area contributed by atoms with E-state index in [1.807, 2.05) is 0 Å². The summed E-state index contributed by atoms with van der Waals surface area (Å²) < 4.78 is 12.2. The molecule has 0 spiro atoms. The van der Waals surface area contributed by atoms with E-state index in [4.69, 9.17) is 32.7 Å². The first-order valence-corrected chi connectivity index (χ1v) is 11.4. The van der Waals surface area contributed by atoms with Crippen LogP contribution >= 0.6 is 57.6 Å². The number of nitrogens with zero attached hydrogens (tertiary/aromatic N) is 2. The van der Waals surface area contributed by atoms with Gasteiger partial charge in [-0.3, -0.25) is 5.10 Å². The van der Waals surface area contributed by atoms with E-state index in [1.165, 1.54) is 13.2 Å². The van der Waals surface area contributed by atoms with Crippen molar-refractivity contribution in [2.75, 3.05) is 7.11 Å². The zero-order valence-corrected chi connectivity index (χ0v) is 20.8. The fraction of sp³-hybridized carbons (Fsp3) is 0.150. The molecule has 1 heterocycles. The van der Waals surface area contributed by atoms with E-state index >= 15 is 0 Å². The molecule has 0 saturated carbocycles. The number of hydrogen-bond acceptors (Lipinski definition) is 6. The van der Waals surface area contributed by atoms with E-state index in [0.717, 1.165) is 20.9 Å². The molecule has 11 heteroatoms. The summed E-state index contributed by atoms with van der Waals surface area (Å²) in [7, 11) is 1.52. The number of aliphatic carboxylic acids is 1. The Balaban J connectivity index is 1.86. The molecule has 0 aliphatic rings.